The van der Waals surface area contributed by atoms with E-state index in [4.69, 9.17) is 15.0 Å². The molecule has 3 aromatic rings. The van der Waals surface area contributed by atoms with Crippen LogP contribution < -0.4 is 21.3 Å². The first-order chi connectivity index (χ1) is 14.1. The number of nitrogens with one attached hydrogen (secondary N) is 2. The van der Waals surface area contributed by atoms with Gasteiger partial charge >= 0.3 is 0 Å². The smallest absolute Gasteiger partial charge is 0.264 e. The number of anilines is 2. The Bertz CT molecular complexity index is 999. The Balaban J connectivity index is 1.53. The Hall–Kier alpha value is -3.47. The van der Waals surface area contributed by atoms with Gasteiger partial charge in [0.05, 0.1) is 24.3 Å². The number of carbonyl (C=O) groups excluding carboxylic acids is 1. The Morgan fingerprint density at radius 1 is 1.34 bits per heavy atom. The number of nitrogen functional groups attached to an aromatic ring is 1. The van der Waals surface area contributed by atoms with E-state index in [2.05, 4.69) is 26.0 Å². The molecular weight excluding hydrogens is 394 g/mol. The van der Waals surface area contributed by atoms with Gasteiger partial charge in [0.1, 0.15) is 17.3 Å². The minimum absolute atomic E-state index is 0.102. The second-order valence-electron chi connectivity index (χ2n) is 5.76. The maximum atomic E-state index is 12.3. The van der Waals surface area contributed by atoms with Crippen LogP contribution in [0, 0.1) is 6.92 Å². The van der Waals surface area contributed by atoms with E-state index >= 15 is 0 Å². The number of para-hydroxylation sites is 2. The van der Waals surface area contributed by atoms with Gasteiger partial charge in [-0.1, -0.05) is 23.9 Å². The highest BCUT2D eigenvalue weighted by Crippen LogP contribution is 2.24. The summed E-state index contributed by atoms with van der Waals surface area (Å²) in [5, 5.41) is 15.1. The van der Waals surface area contributed by atoms with Gasteiger partial charge in [-0.15, -0.1) is 10.2 Å². The molecule has 10 nitrogen and oxygen atoms in total. The summed E-state index contributed by atoms with van der Waals surface area (Å²) in [6.07, 6.45) is 1.50. The van der Waals surface area contributed by atoms with Crippen LogP contribution in [0.25, 0.3) is 0 Å². The molecule has 0 bridgehead atoms. The molecule has 29 heavy (non-hydrogen) atoms. The Morgan fingerprint density at radius 3 is 2.93 bits per heavy atom. The lowest BCUT2D eigenvalue weighted by Crippen LogP contribution is -2.17. The van der Waals surface area contributed by atoms with Crippen LogP contribution in [0.5, 0.6) is 5.75 Å². The lowest BCUT2D eigenvalue weighted by molar-refractivity contribution is -0.113. The average molecular weight is 415 g/mol. The quantitative estimate of drug-likeness (QED) is 0.210. The number of aromatic nitrogens is 3. The molecule has 0 aliphatic rings. The van der Waals surface area contributed by atoms with Crippen LogP contribution >= 0.6 is 11.8 Å². The maximum absolute atomic E-state index is 12.3. The largest absolute Gasteiger partial charge is 0.492 e. The topological polar surface area (TPSA) is 133 Å². The first kappa shape index (κ1) is 20.3. The second-order valence-corrected chi connectivity index (χ2v) is 6.70. The number of aryl methyl sites for hydroxylation is 1. The molecule has 0 saturated carbocycles. The summed E-state index contributed by atoms with van der Waals surface area (Å²) in [7, 11) is 0. The fraction of sp³-hybridized carbons (Fsp3) is 0.222. The molecule has 4 N–H and O–H groups in total. The zero-order chi connectivity index (χ0) is 20.6. The standard InChI is InChI=1S/C18H21N7O3S/c1-3-27-15-7-5-4-6-14(15)21-16(26)11-29-18-24-23-17(25(18)19)22-20-10-13-9-8-12(2)28-13/h4-10H,3,11,19H2,1-2H3,(H,21,26)(H,22,23)/b20-10+. The van der Waals surface area contributed by atoms with Gasteiger partial charge in [0.25, 0.3) is 5.95 Å². The fourth-order valence-corrected chi connectivity index (χ4v) is 2.95. The summed E-state index contributed by atoms with van der Waals surface area (Å²) in [6, 6.07) is 10.9. The van der Waals surface area contributed by atoms with Gasteiger partial charge in [-0.3, -0.25) is 4.79 Å². The molecule has 0 unspecified atom stereocenters. The molecule has 0 spiro atoms. The second kappa shape index (κ2) is 9.64. The van der Waals surface area contributed by atoms with Crippen molar-refractivity contribution in [3.8, 4) is 5.75 Å². The number of carbonyl (C=O) groups is 1. The Morgan fingerprint density at radius 2 is 2.17 bits per heavy atom. The van der Waals surface area contributed by atoms with Gasteiger partial charge in [-0.05, 0) is 38.1 Å². The van der Waals surface area contributed by atoms with Crippen molar-refractivity contribution in [1.29, 1.82) is 0 Å². The Labute approximate surface area is 171 Å². The number of rotatable bonds is 9. The summed E-state index contributed by atoms with van der Waals surface area (Å²) in [5.41, 5.74) is 3.29. The average Bonchev–Trinajstić information content (AvgIpc) is 3.28. The molecule has 11 heteroatoms. The number of benzene rings is 1. The number of ether oxygens (including phenoxy) is 1. The number of nitrogens with two attached hydrogens (primary N) is 1. The van der Waals surface area contributed by atoms with Crippen molar-refractivity contribution in [1.82, 2.24) is 14.9 Å². The summed E-state index contributed by atoms with van der Waals surface area (Å²) < 4.78 is 12.1. The summed E-state index contributed by atoms with van der Waals surface area (Å²) >= 11 is 1.15. The third-order valence-corrected chi connectivity index (χ3v) is 4.52. The van der Waals surface area contributed by atoms with Crippen LogP contribution in [0.4, 0.5) is 11.6 Å². The van der Waals surface area contributed by atoms with E-state index in [9.17, 15) is 4.79 Å². The third-order valence-electron chi connectivity index (χ3n) is 3.58. The van der Waals surface area contributed by atoms with Crippen LogP contribution in [0.15, 0.2) is 51.1 Å². The van der Waals surface area contributed by atoms with E-state index in [0.29, 0.717) is 29.0 Å². The lowest BCUT2D eigenvalue weighted by atomic mass is 10.3. The first-order valence-corrected chi connectivity index (χ1v) is 9.76. The van der Waals surface area contributed by atoms with Gasteiger partial charge < -0.3 is 20.3 Å². The van der Waals surface area contributed by atoms with Crippen LogP contribution in [-0.2, 0) is 4.79 Å². The molecule has 0 aliphatic carbocycles. The van der Waals surface area contributed by atoms with Gasteiger partial charge in [-0.25, -0.2) is 10.1 Å². The predicted octanol–water partition coefficient (Wildman–Crippen LogP) is 2.47. The number of thioether (sulfide) groups is 1. The number of amides is 1. The molecule has 2 aromatic heterocycles. The molecule has 1 aromatic carbocycles. The SMILES string of the molecule is CCOc1ccccc1NC(=O)CSc1nnc(N/N=C/c2ccc(C)o2)n1N. The monoisotopic (exact) mass is 415 g/mol. The van der Waals surface area contributed by atoms with Gasteiger partial charge in [-0.2, -0.15) is 5.10 Å². The number of hydrogen-bond acceptors (Lipinski definition) is 9. The summed E-state index contributed by atoms with van der Waals surface area (Å²) in [6.45, 7) is 4.24. The zero-order valence-electron chi connectivity index (χ0n) is 16.0. The van der Waals surface area contributed by atoms with E-state index in [1.807, 2.05) is 32.0 Å². The van der Waals surface area contributed by atoms with Gasteiger partial charge in [0, 0.05) is 0 Å². The normalized spacial score (nSPS) is 11.0. The maximum Gasteiger partial charge on any atom is 0.264 e. The van der Waals surface area contributed by atoms with Crippen molar-refractivity contribution in [2.75, 3.05) is 28.9 Å². The van der Waals surface area contributed by atoms with E-state index < -0.39 is 0 Å². The van der Waals surface area contributed by atoms with Crippen molar-refractivity contribution < 1.29 is 13.9 Å². The number of nitrogens with zero attached hydrogens (tertiary/aromatic N) is 4. The Kier molecular flexibility index (Phi) is 6.74. The first-order valence-electron chi connectivity index (χ1n) is 8.77. The van der Waals surface area contributed by atoms with E-state index in [1.165, 1.54) is 10.9 Å². The molecule has 2 heterocycles. The highest BCUT2D eigenvalue weighted by Gasteiger charge is 2.13. The van der Waals surface area contributed by atoms with Crippen molar-refractivity contribution in [3.63, 3.8) is 0 Å². The number of hydrazone groups is 1. The van der Waals surface area contributed by atoms with Crippen molar-refractivity contribution >= 4 is 35.5 Å². The molecular formula is C18H21N7O3S. The lowest BCUT2D eigenvalue weighted by Gasteiger charge is -2.10. The van der Waals surface area contributed by atoms with Crippen LogP contribution in [-0.4, -0.2) is 39.4 Å². The summed E-state index contributed by atoms with van der Waals surface area (Å²) in [4.78, 5) is 12.3. The highest BCUT2D eigenvalue weighted by atomic mass is 32.2. The molecule has 0 radical (unpaired) electrons. The van der Waals surface area contributed by atoms with Crippen molar-refractivity contribution in [3.05, 3.63) is 47.9 Å². The number of furan rings is 1. The molecule has 3 rings (SSSR count). The highest BCUT2D eigenvalue weighted by molar-refractivity contribution is 7.99. The van der Waals surface area contributed by atoms with Crippen LogP contribution in [0.3, 0.4) is 0 Å². The third kappa shape index (κ3) is 5.51. The van der Waals surface area contributed by atoms with Gasteiger partial charge in [0.2, 0.25) is 11.1 Å². The number of hydrogen-bond donors (Lipinski definition) is 3. The fourth-order valence-electron chi connectivity index (χ4n) is 2.30. The van der Waals surface area contributed by atoms with E-state index in [0.717, 1.165) is 17.5 Å². The van der Waals surface area contributed by atoms with E-state index in [1.54, 1.807) is 18.2 Å². The van der Waals surface area contributed by atoms with E-state index in [-0.39, 0.29) is 17.6 Å². The molecule has 0 aliphatic heterocycles. The molecule has 0 atom stereocenters. The molecule has 0 fully saturated rings. The van der Waals surface area contributed by atoms with Crippen LogP contribution in [0.1, 0.15) is 18.4 Å². The van der Waals surface area contributed by atoms with Crippen molar-refractivity contribution in [2.24, 2.45) is 5.10 Å². The summed E-state index contributed by atoms with van der Waals surface area (Å²) in [5.74, 6) is 8.06. The zero-order valence-corrected chi connectivity index (χ0v) is 16.8. The molecule has 1 amide bonds. The van der Waals surface area contributed by atoms with Crippen LogP contribution in [0.2, 0.25) is 0 Å². The minimum atomic E-state index is -0.217. The molecule has 152 valence electrons. The predicted molar refractivity (Wildman–Crippen MR) is 112 cm³/mol. The van der Waals surface area contributed by atoms with Gasteiger partial charge in [0.15, 0.2) is 0 Å². The minimum Gasteiger partial charge on any atom is -0.492 e. The molecule has 0 saturated heterocycles. The van der Waals surface area contributed by atoms with Crippen molar-refractivity contribution in [2.45, 2.75) is 19.0 Å².